The fourth-order valence-electron chi connectivity index (χ4n) is 3.09. The number of pyridine rings is 1. The quantitative estimate of drug-likeness (QED) is 0.669. The van der Waals surface area contributed by atoms with E-state index in [9.17, 15) is 0 Å². The van der Waals surface area contributed by atoms with Crippen LogP contribution >= 0.6 is 0 Å². The Morgan fingerprint density at radius 2 is 2.12 bits per heavy atom. The lowest BCUT2D eigenvalue weighted by Crippen LogP contribution is -2.17. The van der Waals surface area contributed by atoms with Gasteiger partial charge in [0.25, 0.3) is 0 Å². The average Bonchev–Trinajstić information content (AvgIpc) is 3.33. The largest absolute Gasteiger partial charge is 0.462 e. The van der Waals surface area contributed by atoms with Crippen LogP contribution in [0, 0.1) is 0 Å². The highest BCUT2D eigenvalue weighted by Crippen LogP contribution is 2.29. The topological polar surface area (TPSA) is 77.4 Å². The maximum absolute atomic E-state index is 5.96. The van der Waals surface area contributed by atoms with Crippen molar-refractivity contribution >= 4 is 0 Å². The molecule has 1 aliphatic rings. The van der Waals surface area contributed by atoms with Crippen LogP contribution in [0.5, 0.6) is 0 Å². The summed E-state index contributed by atoms with van der Waals surface area (Å²) in [6.45, 7) is 2.01. The highest BCUT2D eigenvalue weighted by Gasteiger charge is 2.20. The molecule has 0 aliphatic carbocycles. The van der Waals surface area contributed by atoms with Crippen molar-refractivity contribution in [1.82, 2.24) is 20.0 Å². The predicted octanol–water partition coefficient (Wildman–Crippen LogP) is 3.60. The molecular formula is C19H22N4O3. The lowest BCUT2D eigenvalue weighted by Gasteiger charge is -2.20. The fourth-order valence-corrected chi connectivity index (χ4v) is 3.09. The van der Waals surface area contributed by atoms with Gasteiger partial charge in [-0.05, 0) is 50.6 Å². The van der Waals surface area contributed by atoms with Crippen molar-refractivity contribution < 1.29 is 13.7 Å². The number of rotatable bonds is 6. The van der Waals surface area contributed by atoms with Gasteiger partial charge in [0.15, 0.2) is 0 Å². The summed E-state index contributed by atoms with van der Waals surface area (Å²) in [5.41, 5.74) is 0.702. The zero-order valence-electron chi connectivity index (χ0n) is 14.8. The van der Waals surface area contributed by atoms with Crippen molar-refractivity contribution in [3.63, 3.8) is 0 Å². The molecule has 1 saturated heterocycles. The first-order valence-corrected chi connectivity index (χ1v) is 8.91. The van der Waals surface area contributed by atoms with E-state index in [-0.39, 0.29) is 6.10 Å². The minimum absolute atomic E-state index is 0.0969. The molecule has 4 rings (SSSR count). The molecule has 1 fully saturated rings. The lowest BCUT2D eigenvalue weighted by atomic mass is 10.1. The fraction of sp³-hybridized carbons (Fsp3) is 0.421. The third-order valence-electron chi connectivity index (χ3n) is 4.37. The summed E-state index contributed by atoms with van der Waals surface area (Å²) in [4.78, 5) is 10.7. The Balaban J connectivity index is 1.35. The van der Waals surface area contributed by atoms with Gasteiger partial charge in [-0.3, -0.25) is 9.88 Å². The van der Waals surface area contributed by atoms with Crippen molar-refractivity contribution in [2.24, 2.45) is 0 Å². The highest BCUT2D eigenvalue weighted by atomic mass is 16.5. The summed E-state index contributed by atoms with van der Waals surface area (Å²) >= 11 is 0. The minimum Gasteiger partial charge on any atom is -0.462 e. The molecule has 3 aromatic heterocycles. The van der Waals surface area contributed by atoms with E-state index in [0.29, 0.717) is 30.5 Å². The predicted molar refractivity (Wildman–Crippen MR) is 94.0 cm³/mol. The second-order valence-corrected chi connectivity index (χ2v) is 6.56. The molecule has 7 nitrogen and oxygen atoms in total. The minimum atomic E-state index is 0.0969. The summed E-state index contributed by atoms with van der Waals surface area (Å²) in [7, 11) is 1.99. The summed E-state index contributed by atoms with van der Waals surface area (Å²) in [5.74, 6) is 2.88. The molecule has 0 N–H and O–H groups in total. The molecule has 3 aromatic rings. The van der Waals surface area contributed by atoms with Gasteiger partial charge in [0, 0.05) is 12.8 Å². The third kappa shape index (κ3) is 4.00. The van der Waals surface area contributed by atoms with Gasteiger partial charge >= 0.3 is 0 Å². The molecule has 1 unspecified atom stereocenters. The van der Waals surface area contributed by atoms with E-state index in [0.717, 1.165) is 31.0 Å². The highest BCUT2D eigenvalue weighted by molar-refractivity contribution is 5.46. The standard InChI is InChI=1S/C19H22N4O3/c1-23(12-14-8-9-17(25-14)16-7-3-5-11-24-16)13-18-21-19(22-26-18)15-6-2-4-10-20-15/h2,4,6,8-10,16H,3,5,7,11-13H2,1H3. The zero-order valence-corrected chi connectivity index (χ0v) is 14.8. The van der Waals surface area contributed by atoms with Crippen LogP contribution < -0.4 is 0 Å². The normalized spacial score (nSPS) is 17.7. The third-order valence-corrected chi connectivity index (χ3v) is 4.37. The van der Waals surface area contributed by atoms with Gasteiger partial charge < -0.3 is 13.7 Å². The van der Waals surface area contributed by atoms with Crippen LogP contribution in [-0.2, 0) is 17.8 Å². The Bertz CT molecular complexity index is 824. The van der Waals surface area contributed by atoms with Crippen molar-refractivity contribution in [3.8, 4) is 11.5 Å². The van der Waals surface area contributed by atoms with Crippen molar-refractivity contribution in [2.45, 2.75) is 38.5 Å². The molecule has 4 heterocycles. The first-order valence-electron chi connectivity index (χ1n) is 8.91. The Morgan fingerprint density at radius 3 is 2.92 bits per heavy atom. The van der Waals surface area contributed by atoms with E-state index in [1.165, 1.54) is 6.42 Å². The number of aromatic nitrogens is 3. The van der Waals surface area contributed by atoms with E-state index >= 15 is 0 Å². The van der Waals surface area contributed by atoms with Crippen molar-refractivity contribution in [1.29, 1.82) is 0 Å². The number of nitrogens with zero attached hydrogens (tertiary/aromatic N) is 4. The number of hydrogen-bond acceptors (Lipinski definition) is 7. The van der Waals surface area contributed by atoms with Crippen LogP contribution in [0.4, 0.5) is 0 Å². The number of hydrogen-bond donors (Lipinski definition) is 0. The molecule has 0 saturated carbocycles. The van der Waals surface area contributed by atoms with Crippen LogP contribution in [0.3, 0.4) is 0 Å². The maximum atomic E-state index is 5.96. The second kappa shape index (κ2) is 7.80. The van der Waals surface area contributed by atoms with Gasteiger partial charge in [0.2, 0.25) is 11.7 Å². The molecule has 0 radical (unpaired) electrons. The SMILES string of the molecule is CN(Cc1ccc(C2CCCCO2)o1)Cc1nc(-c2ccccn2)no1. The van der Waals surface area contributed by atoms with Crippen molar-refractivity contribution in [3.05, 3.63) is 53.9 Å². The molecule has 7 heteroatoms. The van der Waals surface area contributed by atoms with Gasteiger partial charge in [-0.2, -0.15) is 4.98 Å². The molecule has 0 aromatic carbocycles. The monoisotopic (exact) mass is 354 g/mol. The Kier molecular flexibility index (Phi) is 5.08. The molecule has 26 heavy (non-hydrogen) atoms. The van der Waals surface area contributed by atoms with E-state index in [4.69, 9.17) is 13.7 Å². The van der Waals surface area contributed by atoms with Gasteiger partial charge in [-0.25, -0.2) is 0 Å². The van der Waals surface area contributed by atoms with E-state index < -0.39 is 0 Å². The molecule has 0 amide bonds. The van der Waals surface area contributed by atoms with E-state index in [1.54, 1.807) is 6.20 Å². The van der Waals surface area contributed by atoms with Crippen molar-refractivity contribution in [2.75, 3.05) is 13.7 Å². The first kappa shape index (κ1) is 16.9. The first-order chi connectivity index (χ1) is 12.8. The lowest BCUT2D eigenvalue weighted by molar-refractivity contribution is 0.000881. The molecule has 1 atom stereocenters. The van der Waals surface area contributed by atoms with Crippen LogP contribution in [0.2, 0.25) is 0 Å². The summed E-state index contributed by atoms with van der Waals surface area (Å²) < 4.78 is 17.1. The summed E-state index contributed by atoms with van der Waals surface area (Å²) in [5, 5.41) is 4.00. The van der Waals surface area contributed by atoms with E-state index in [2.05, 4.69) is 20.0 Å². The molecule has 0 spiro atoms. The summed E-state index contributed by atoms with van der Waals surface area (Å²) in [6, 6.07) is 9.64. The van der Waals surface area contributed by atoms with Gasteiger partial charge in [0.1, 0.15) is 23.3 Å². The van der Waals surface area contributed by atoms with Gasteiger partial charge in [-0.15, -0.1) is 0 Å². The second-order valence-electron chi connectivity index (χ2n) is 6.56. The van der Waals surface area contributed by atoms with Crippen LogP contribution in [0.25, 0.3) is 11.5 Å². The Labute approximate surface area is 152 Å². The average molecular weight is 354 g/mol. The molecule has 0 bridgehead atoms. The molecule has 1 aliphatic heterocycles. The van der Waals surface area contributed by atoms with Gasteiger partial charge in [0.05, 0.1) is 13.1 Å². The summed E-state index contributed by atoms with van der Waals surface area (Å²) in [6.07, 6.45) is 5.16. The number of ether oxygens (including phenoxy) is 1. The Morgan fingerprint density at radius 1 is 1.15 bits per heavy atom. The smallest absolute Gasteiger partial charge is 0.241 e. The van der Waals surface area contributed by atoms with Gasteiger partial charge in [-0.1, -0.05) is 11.2 Å². The van der Waals surface area contributed by atoms with Crippen LogP contribution in [-0.4, -0.2) is 33.7 Å². The molecular weight excluding hydrogens is 332 g/mol. The molecule has 136 valence electrons. The van der Waals surface area contributed by atoms with Crippen LogP contribution in [0.1, 0.15) is 42.8 Å². The van der Waals surface area contributed by atoms with Crippen LogP contribution in [0.15, 0.2) is 45.5 Å². The Hall–Kier alpha value is -2.51. The maximum Gasteiger partial charge on any atom is 0.241 e. The van der Waals surface area contributed by atoms with E-state index in [1.807, 2.05) is 37.4 Å². The zero-order chi connectivity index (χ0) is 17.8. The number of furan rings is 1.